The van der Waals surface area contributed by atoms with Crippen LogP contribution >= 0.6 is 11.8 Å². The van der Waals surface area contributed by atoms with Gasteiger partial charge >= 0.3 is 0 Å². The number of anilines is 2. The molecule has 4 nitrogen and oxygen atoms in total. The molecule has 2 aromatic rings. The second kappa shape index (κ2) is 8.25. The Bertz CT molecular complexity index is 939. The van der Waals surface area contributed by atoms with Gasteiger partial charge in [0.05, 0.1) is 17.1 Å². The lowest BCUT2D eigenvalue weighted by Gasteiger charge is -2.36. The minimum absolute atomic E-state index is 0.219. The Morgan fingerprint density at radius 3 is 2.41 bits per heavy atom. The average Bonchev–Trinajstić information content (AvgIpc) is 2.65. The first-order chi connectivity index (χ1) is 12.9. The molecule has 0 fully saturated rings. The molecule has 0 saturated carbocycles. The molecular formula is C21H27NO3S2. The van der Waals surface area contributed by atoms with Gasteiger partial charge in [0, 0.05) is 16.3 Å². The fourth-order valence-electron chi connectivity index (χ4n) is 3.63. The molecule has 1 aliphatic rings. The molecule has 3 rings (SSSR count). The highest BCUT2D eigenvalue weighted by molar-refractivity contribution is 7.99. The predicted octanol–water partition coefficient (Wildman–Crippen LogP) is 5.25. The second-order valence-corrected chi connectivity index (χ2v) is 9.45. The van der Waals surface area contributed by atoms with E-state index in [1.54, 1.807) is 0 Å². The highest BCUT2D eigenvalue weighted by Gasteiger charge is 2.27. The topological polar surface area (TPSA) is 57.6 Å². The van der Waals surface area contributed by atoms with Gasteiger partial charge < -0.3 is 4.90 Å². The van der Waals surface area contributed by atoms with E-state index in [0.29, 0.717) is 13.0 Å². The smallest absolute Gasteiger partial charge is 0.264 e. The van der Waals surface area contributed by atoms with Gasteiger partial charge in [0.15, 0.2) is 0 Å². The Kier molecular flexibility index (Phi) is 6.18. The van der Waals surface area contributed by atoms with Crippen LogP contribution in [0.2, 0.25) is 0 Å². The molecule has 1 heterocycles. The van der Waals surface area contributed by atoms with Crippen molar-refractivity contribution in [2.45, 2.75) is 56.2 Å². The number of hydrogen-bond donors (Lipinski definition) is 1. The molecule has 0 bridgehead atoms. The summed E-state index contributed by atoms with van der Waals surface area (Å²) in [6.45, 7) is 7.04. The molecule has 27 heavy (non-hydrogen) atoms. The summed E-state index contributed by atoms with van der Waals surface area (Å²) in [5, 5.41) is 0. The predicted molar refractivity (Wildman–Crippen MR) is 113 cm³/mol. The molecule has 6 heteroatoms. The first-order valence-corrected chi connectivity index (χ1v) is 12.0. The maximum Gasteiger partial charge on any atom is 0.264 e. The van der Waals surface area contributed by atoms with E-state index in [1.165, 1.54) is 37.9 Å². The summed E-state index contributed by atoms with van der Waals surface area (Å²) >= 11 is 1.82. The minimum atomic E-state index is -3.95. The monoisotopic (exact) mass is 405 g/mol. The van der Waals surface area contributed by atoms with Crippen LogP contribution in [0.5, 0.6) is 0 Å². The Morgan fingerprint density at radius 2 is 1.78 bits per heavy atom. The molecule has 0 radical (unpaired) electrons. The van der Waals surface area contributed by atoms with Crippen molar-refractivity contribution in [3.05, 3.63) is 47.0 Å². The summed E-state index contributed by atoms with van der Waals surface area (Å²) in [6.07, 6.45) is 3.23. The van der Waals surface area contributed by atoms with Crippen molar-refractivity contribution in [1.29, 1.82) is 0 Å². The van der Waals surface area contributed by atoms with Crippen molar-refractivity contribution >= 4 is 33.3 Å². The van der Waals surface area contributed by atoms with E-state index in [9.17, 15) is 8.42 Å². The third-order valence-corrected chi connectivity index (χ3v) is 7.04. The lowest BCUT2D eigenvalue weighted by Crippen LogP contribution is -2.25. The number of hydrogen-bond acceptors (Lipinski definition) is 4. The van der Waals surface area contributed by atoms with E-state index in [0.717, 1.165) is 19.3 Å². The molecule has 0 saturated heterocycles. The van der Waals surface area contributed by atoms with Gasteiger partial charge in [-0.15, -0.1) is 0 Å². The number of fused-ring (bicyclic) bond motifs is 2. The Morgan fingerprint density at radius 1 is 1.04 bits per heavy atom. The maximum atomic E-state index is 11.2. The van der Waals surface area contributed by atoms with Crippen LogP contribution in [0.15, 0.2) is 40.1 Å². The molecule has 0 atom stereocenters. The van der Waals surface area contributed by atoms with Gasteiger partial charge in [-0.25, -0.2) is 0 Å². The van der Waals surface area contributed by atoms with E-state index in [2.05, 4.69) is 56.0 Å². The summed E-state index contributed by atoms with van der Waals surface area (Å²) in [7, 11) is -3.95. The zero-order valence-electron chi connectivity index (χ0n) is 16.2. The Balaban J connectivity index is 2.12. The van der Waals surface area contributed by atoms with E-state index in [1.807, 2.05) is 11.8 Å². The van der Waals surface area contributed by atoms with Crippen LogP contribution in [0.25, 0.3) is 0 Å². The molecule has 1 N–H and O–H groups in total. The lowest BCUT2D eigenvalue weighted by molar-refractivity contribution is 0.481. The largest absolute Gasteiger partial charge is 0.339 e. The highest BCUT2D eigenvalue weighted by atomic mass is 32.2. The summed E-state index contributed by atoms with van der Waals surface area (Å²) in [5.41, 5.74) is 6.24. The van der Waals surface area contributed by atoms with E-state index >= 15 is 0 Å². The maximum absolute atomic E-state index is 11.2. The number of benzene rings is 2. The van der Waals surface area contributed by atoms with Crippen LogP contribution < -0.4 is 4.90 Å². The fraction of sp³-hybridized carbons (Fsp3) is 0.429. The van der Waals surface area contributed by atoms with E-state index in [-0.39, 0.29) is 5.75 Å². The van der Waals surface area contributed by atoms with Gasteiger partial charge in [0.2, 0.25) is 0 Å². The van der Waals surface area contributed by atoms with E-state index < -0.39 is 10.1 Å². The van der Waals surface area contributed by atoms with Crippen LogP contribution in [0.4, 0.5) is 11.4 Å². The first kappa shape index (κ1) is 20.2. The van der Waals surface area contributed by atoms with Crippen LogP contribution in [0.1, 0.15) is 43.9 Å². The molecule has 0 spiro atoms. The average molecular weight is 406 g/mol. The quantitative estimate of drug-likeness (QED) is 0.637. The zero-order chi connectivity index (χ0) is 19.6. The highest BCUT2D eigenvalue weighted by Crippen LogP contribution is 2.51. The van der Waals surface area contributed by atoms with Gasteiger partial charge in [-0.1, -0.05) is 50.7 Å². The lowest BCUT2D eigenvalue weighted by atomic mass is 10.0. The molecular weight excluding hydrogens is 378 g/mol. The van der Waals surface area contributed by atoms with Crippen molar-refractivity contribution < 1.29 is 13.0 Å². The van der Waals surface area contributed by atoms with Crippen molar-refractivity contribution in [1.82, 2.24) is 0 Å². The molecule has 2 aromatic carbocycles. The Labute approximate surface area is 166 Å². The fourth-order valence-corrected chi connectivity index (χ4v) is 5.44. The van der Waals surface area contributed by atoms with Gasteiger partial charge in [0.1, 0.15) is 0 Å². The van der Waals surface area contributed by atoms with Gasteiger partial charge in [-0.2, -0.15) is 8.42 Å². The molecule has 0 amide bonds. The van der Waals surface area contributed by atoms with Crippen LogP contribution in [0.3, 0.4) is 0 Å². The van der Waals surface area contributed by atoms with Crippen LogP contribution in [-0.2, 0) is 29.4 Å². The molecule has 146 valence electrons. The van der Waals surface area contributed by atoms with Gasteiger partial charge in [0.25, 0.3) is 10.1 Å². The molecule has 1 aliphatic heterocycles. The third-order valence-electron chi connectivity index (χ3n) is 5.02. The minimum Gasteiger partial charge on any atom is -0.339 e. The third kappa shape index (κ3) is 4.33. The van der Waals surface area contributed by atoms with Crippen molar-refractivity contribution in [3.8, 4) is 0 Å². The van der Waals surface area contributed by atoms with Crippen molar-refractivity contribution in [2.24, 2.45) is 0 Å². The summed E-state index contributed by atoms with van der Waals surface area (Å²) in [5.74, 6) is -0.219. The number of rotatable bonds is 7. The normalized spacial score (nSPS) is 13.4. The van der Waals surface area contributed by atoms with Crippen molar-refractivity contribution in [3.63, 3.8) is 0 Å². The van der Waals surface area contributed by atoms with Crippen molar-refractivity contribution in [2.75, 3.05) is 17.2 Å². The first-order valence-electron chi connectivity index (χ1n) is 9.56. The second-order valence-electron chi connectivity index (χ2n) is 6.82. The van der Waals surface area contributed by atoms with Gasteiger partial charge in [-0.3, -0.25) is 4.55 Å². The Hall–Kier alpha value is -1.50. The van der Waals surface area contributed by atoms with Crippen LogP contribution in [-0.4, -0.2) is 25.3 Å². The zero-order valence-corrected chi connectivity index (χ0v) is 17.8. The number of nitrogens with zero attached hydrogens (tertiary/aromatic N) is 1. The summed E-state index contributed by atoms with van der Waals surface area (Å²) < 4.78 is 31.6. The standard InChI is InChI=1S/C21H27NO3S2/c1-4-15-13-17(6-3)21-18(14-15)22(11-8-12-27(23,24)25)20-16(5-2)9-7-10-19(20)26-21/h7,9-10,13-14H,4-6,8,11-12H2,1-3H3,(H,23,24,25). The van der Waals surface area contributed by atoms with Crippen LogP contribution in [0, 0.1) is 0 Å². The molecule has 0 aliphatic carbocycles. The summed E-state index contributed by atoms with van der Waals surface area (Å²) in [4.78, 5) is 4.75. The van der Waals surface area contributed by atoms with E-state index in [4.69, 9.17) is 4.55 Å². The molecule has 0 aromatic heterocycles. The van der Waals surface area contributed by atoms with Gasteiger partial charge in [-0.05, 0) is 54.5 Å². The summed E-state index contributed by atoms with van der Waals surface area (Å²) in [6, 6.07) is 10.9. The number of para-hydroxylation sites is 1. The molecule has 0 unspecified atom stereocenters. The number of aryl methyl sites for hydroxylation is 3. The SMILES string of the molecule is CCc1cc(CC)c2c(c1)N(CCCS(=O)(=O)O)c1c(CC)cccc1S2.